The topological polar surface area (TPSA) is 61.1 Å². The molecule has 5 heteroatoms. The van der Waals surface area contributed by atoms with Crippen molar-refractivity contribution in [2.75, 3.05) is 27.2 Å². The fourth-order valence-electron chi connectivity index (χ4n) is 3.15. The van der Waals surface area contributed by atoms with E-state index in [9.17, 15) is 10.1 Å². The second-order valence-corrected chi connectivity index (χ2v) is 6.43. The van der Waals surface area contributed by atoms with Crippen LogP contribution in [0.25, 0.3) is 5.69 Å². The molecule has 1 heterocycles. The van der Waals surface area contributed by atoms with Crippen LogP contribution in [-0.4, -0.2) is 42.6 Å². The summed E-state index contributed by atoms with van der Waals surface area (Å²) in [5.74, 6) is -0.209. The molecule has 1 aliphatic carbocycles. The summed E-state index contributed by atoms with van der Waals surface area (Å²) < 4.78 is 1.82. The zero-order valence-electron chi connectivity index (χ0n) is 14.2. The van der Waals surface area contributed by atoms with Crippen LogP contribution < -0.4 is 5.32 Å². The molecule has 0 spiro atoms. The standard InChI is InChI=1S/C19H22N4O/c1-22(2)11-9-21-19(24)18-16(13-20)8-10-23(18)17-7-6-14-4-3-5-15(14)12-17/h6-8,10,12H,3-5,9,11H2,1-2H3,(H,21,24). The molecule has 0 bridgehead atoms. The molecule has 3 rings (SSSR count). The first kappa shape index (κ1) is 16.3. The highest BCUT2D eigenvalue weighted by molar-refractivity contribution is 5.95. The van der Waals surface area contributed by atoms with Crippen molar-refractivity contribution in [1.82, 2.24) is 14.8 Å². The Morgan fingerprint density at radius 3 is 2.83 bits per heavy atom. The summed E-state index contributed by atoms with van der Waals surface area (Å²) in [7, 11) is 3.92. The number of nitrogens with one attached hydrogen (secondary N) is 1. The Balaban J connectivity index is 1.90. The number of rotatable bonds is 5. The van der Waals surface area contributed by atoms with Gasteiger partial charge in [0.2, 0.25) is 0 Å². The summed E-state index contributed by atoms with van der Waals surface area (Å²) in [6.07, 6.45) is 5.20. The summed E-state index contributed by atoms with van der Waals surface area (Å²) in [6, 6.07) is 10.1. The molecule has 0 fully saturated rings. The van der Waals surface area contributed by atoms with Crippen LogP contribution in [0.4, 0.5) is 0 Å². The number of benzene rings is 1. The monoisotopic (exact) mass is 322 g/mol. The van der Waals surface area contributed by atoms with E-state index >= 15 is 0 Å². The molecule has 2 aromatic rings. The van der Waals surface area contributed by atoms with Gasteiger partial charge in [0.25, 0.3) is 5.91 Å². The lowest BCUT2D eigenvalue weighted by atomic mass is 10.1. The number of hydrogen-bond donors (Lipinski definition) is 1. The Morgan fingerprint density at radius 1 is 1.29 bits per heavy atom. The first-order valence-corrected chi connectivity index (χ1v) is 8.26. The number of fused-ring (bicyclic) bond motifs is 1. The van der Waals surface area contributed by atoms with Crippen LogP contribution in [0.15, 0.2) is 30.5 Å². The van der Waals surface area contributed by atoms with E-state index in [1.807, 2.05) is 29.6 Å². The van der Waals surface area contributed by atoms with E-state index < -0.39 is 0 Å². The lowest BCUT2D eigenvalue weighted by molar-refractivity contribution is 0.0944. The summed E-state index contributed by atoms with van der Waals surface area (Å²) in [4.78, 5) is 14.6. The molecule has 24 heavy (non-hydrogen) atoms. The van der Waals surface area contributed by atoms with E-state index in [-0.39, 0.29) is 5.91 Å². The molecule has 1 N–H and O–H groups in total. The maximum Gasteiger partial charge on any atom is 0.269 e. The predicted octanol–water partition coefficient (Wildman–Crippen LogP) is 2.13. The van der Waals surface area contributed by atoms with Gasteiger partial charge in [-0.2, -0.15) is 5.26 Å². The lowest BCUT2D eigenvalue weighted by Crippen LogP contribution is -2.32. The number of aromatic nitrogens is 1. The molecule has 0 saturated heterocycles. The normalized spacial score (nSPS) is 12.9. The third-order valence-corrected chi connectivity index (χ3v) is 4.43. The lowest BCUT2D eigenvalue weighted by Gasteiger charge is -2.13. The minimum Gasteiger partial charge on any atom is -0.349 e. The number of carbonyl (C=O) groups is 1. The maximum absolute atomic E-state index is 12.6. The summed E-state index contributed by atoms with van der Waals surface area (Å²) in [6.45, 7) is 1.30. The van der Waals surface area contributed by atoms with Crippen LogP contribution >= 0.6 is 0 Å². The third-order valence-electron chi connectivity index (χ3n) is 4.43. The van der Waals surface area contributed by atoms with Crippen molar-refractivity contribution in [1.29, 1.82) is 5.26 Å². The third kappa shape index (κ3) is 3.19. The Morgan fingerprint density at radius 2 is 2.08 bits per heavy atom. The van der Waals surface area contributed by atoms with Gasteiger partial charge in [-0.05, 0) is 62.7 Å². The van der Waals surface area contributed by atoms with E-state index in [0.717, 1.165) is 25.1 Å². The number of likely N-dealkylation sites (N-methyl/N-ethyl adjacent to an activating group) is 1. The van der Waals surface area contributed by atoms with Gasteiger partial charge in [0.05, 0.1) is 5.56 Å². The van der Waals surface area contributed by atoms with Crippen molar-refractivity contribution >= 4 is 5.91 Å². The van der Waals surface area contributed by atoms with Gasteiger partial charge >= 0.3 is 0 Å². The molecule has 5 nitrogen and oxygen atoms in total. The van der Waals surface area contributed by atoms with Crippen LogP contribution in [0, 0.1) is 11.3 Å². The molecule has 0 radical (unpaired) electrons. The molecule has 1 amide bonds. The van der Waals surface area contributed by atoms with Crippen LogP contribution in [-0.2, 0) is 12.8 Å². The summed E-state index contributed by atoms with van der Waals surface area (Å²) in [5.41, 5.74) is 4.49. The number of aryl methyl sites for hydroxylation is 2. The zero-order valence-corrected chi connectivity index (χ0v) is 14.2. The second kappa shape index (κ2) is 6.90. The van der Waals surface area contributed by atoms with Gasteiger partial charge in [-0.1, -0.05) is 6.07 Å². The van der Waals surface area contributed by atoms with E-state index in [2.05, 4.69) is 23.5 Å². The van der Waals surface area contributed by atoms with Crippen molar-refractivity contribution in [3.63, 3.8) is 0 Å². The molecule has 124 valence electrons. The molecule has 1 aromatic heterocycles. The van der Waals surface area contributed by atoms with Crippen molar-refractivity contribution in [3.8, 4) is 11.8 Å². The molecule has 1 aliphatic rings. The van der Waals surface area contributed by atoms with Gasteiger partial charge in [0.1, 0.15) is 11.8 Å². The fraction of sp³-hybridized carbons (Fsp3) is 0.368. The van der Waals surface area contributed by atoms with Gasteiger partial charge in [0.15, 0.2) is 0 Å². The van der Waals surface area contributed by atoms with Crippen molar-refractivity contribution in [2.45, 2.75) is 19.3 Å². The Labute approximate surface area is 142 Å². The summed E-state index contributed by atoms with van der Waals surface area (Å²) >= 11 is 0. The van der Waals surface area contributed by atoms with E-state index in [1.54, 1.807) is 12.3 Å². The molecular weight excluding hydrogens is 300 g/mol. The SMILES string of the molecule is CN(C)CCNC(=O)c1c(C#N)ccn1-c1ccc2c(c1)CCC2. The highest BCUT2D eigenvalue weighted by Gasteiger charge is 2.19. The van der Waals surface area contributed by atoms with Crippen molar-refractivity contribution in [3.05, 3.63) is 52.8 Å². The van der Waals surface area contributed by atoms with Crippen LogP contribution in [0.3, 0.4) is 0 Å². The molecule has 0 aliphatic heterocycles. The number of nitriles is 1. The quantitative estimate of drug-likeness (QED) is 0.917. The molecule has 0 saturated carbocycles. The minimum absolute atomic E-state index is 0.209. The molecule has 1 aromatic carbocycles. The molecule has 0 unspecified atom stereocenters. The second-order valence-electron chi connectivity index (χ2n) is 6.43. The number of amides is 1. The predicted molar refractivity (Wildman–Crippen MR) is 93.4 cm³/mol. The minimum atomic E-state index is -0.209. The number of hydrogen-bond acceptors (Lipinski definition) is 3. The smallest absolute Gasteiger partial charge is 0.269 e. The van der Waals surface area contributed by atoms with E-state index in [1.165, 1.54) is 17.5 Å². The van der Waals surface area contributed by atoms with Crippen LogP contribution in [0.1, 0.15) is 33.6 Å². The van der Waals surface area contributed by atoms with Crippen LogP contribution in [0.5, 0.6) is 0 Å². The Hall–Kier alpha value is -2.58. The number of carbonyl (C=O) groups excluding carboxylic acids is 1. The van der Waals surface area contributed by atoms with Crippen molar-refractivity contribution < 1.29 is 4.79 Å². The first-order valence-electron chi connectivity index (χ1n) is 8.26. The highest BCUT2D eigenvalue weighted by Crippen LogP contribution is 2.26. The molecular formula is C19H22N4O. The maximum atomic E-state index is 12.6. The fourth-order valence-corrected chi connectivity index (χ4v) is 3.15. The highest BCUT2D eigenvalue weighted by atomic mass is 16.1. The molecule has 0 atom stereocenters. The van der Waals surface area contributed by atoms with E-state index in [0.29, 0.717) is 17.8 Å². The average molecular weight is 322 g/mol. The van der Waals surface area contributed by atoms with Gasteiger partial charge in [-0.15, -0.1) is 0 Å². The van der Waals surface area contributed by atoms with Crippen molar-refractivity contribution in [2.24, 2.45) is 0 Å². The Kier molecular flexibility index (Phi) is 4.68. The summed E-state index contributed by atoms with van der Waals surface area (Å²) in [5, 5.41) is 12.2. The average Bonchev–Trinajstić information content (AvgIpc) is 3.19. The van der Waals surface area contributed by atoms with Gasteiger partial charge in [-0.3, -0.25) is 4.79 Å². The van der Waals surface area contributed by atoms with Gasteiger partial charge in [-0.25, -0.2) is 0 Å². The zero-order chi connectivity index (χ0) is 17.1. The van der Waals surface area contributed by atoms with E-state index in [4.69, 9.17) is 0 Å². The van der Waals surface area contributed by atoms with Gasteiger partial charge in [0, 0.05) is 25.0 Å². The first-order chi connectivity index (χ1) is 11.6. The number of nitrogens with zero attached hydrogens (tertiary/aromatic N) is 3. The Bertz CT molecular complexity index is 798. The largest absolute Gasteiger partial charge is 0.349 e. The van der Waals surface area contributed by atoms with Crippen LogP contribution in [0.2, 0.25) is 0 Å². The van der Waals surface area contributed by atoms with Gasteiger partial charge < -0.3 is 14.8 Å².